The Hall–Kier alpha value is 0.220. The Labute approximate surface area is 95.9 Å². The summed E-state index contributed by atoms with van der Waals surface area (Å²) in [5, 5.41) is 8.59. The highest BCUT2D eigenvalue weighted by molar-refractivity contribution is 8.00. The van der Waals surface area contributed by atoms with Crippen molar-refractivity contribution in [1.82, 2.24) is 4.72 Å². The van der Waals surface area contributed by atoms with Crippen LogP contribution in [0.1, 0.15) is 25.7 Å². The molecule has 0 unspecified atom stereocenters. The van der Waals surface area contributed by atoms with E-state index in [4.69, 9.17) is 5.11 Å². The number of hydrogen-bond acceptors (Lipinski definition) is 4. The lowest BCUT2D eigenvalue weighted by Crippen LogP contribution is -2.39. The van der Waals surface area contributed by atoms with Crippen LogP contribution in [0.5, 0.6) is 0 Å². The van der Waals surface area contributed by atoms with Crippen molar-refractivity contribution in [2.75, 3.05) is 25.2 Å². The summed E-state index contributed by atoms with van der Waals surface area (Å²) in [7, 11) is -3.28. The normalized spacial score (nSPS) is 20.7. The van der Waals surface area contributed by atoms with Crippen molar-refractivity contribution in [3.05, 3.63) is 0 Å². The first-order valence-corrected chi connectivity index (χ1v) is 8.05. The van der Waals surface area contributed by atoms with Gasteiger partial charge in [0, 0.05) is 11.3 Å². The fourth-order valence-electron chi connectivity index (χ4n) is 1.91. The minimum absolute atomic E-state index is 0.0858. The summed E-state index contributed by atoms with van der Waals surface area (Å²) in [4.78, 5) is 0. The van der Waals surface area contributed by atoms with Crippen LogP contribution in [-0.4, -0.2) is 43.4 Å². The zero-order valence-electron chi connectivity index (χ0n) is 9.03. The van der Waals surface area contributed by atoms with Crippen molar-refractivity contribution in [3.8, 4) is 0 Å². The average Bonchev–Trinajstić information content (AvgIpc) is 2.64. The predicted molar refractivity (Wildman–Crippen MR) is 63.6 cm³/mol. The van der Waals surface area contributed by atoms with Crippen molar-refractivity contribution < 1.29 is 13.5 Å². The van der Waals surface area contributed by atoms with Gasteiger partial charge in [-0.3, -0.25) is 0 Å². The van der Waals surface area contributed by atoms with Gasteiger partial charge in [-0.2, -0.15) is 11.8 Å². The summed E-state index contributed by atoms with van der Waals surface area (Å²) in [6, 6.07) is 0. The maximum Gasteiger partial charge on any atom is 0.213 e. The van der Waals surface area contributed by atoms with Crippen LogP contribution in [0.2, 0.25) is 0 Å². The minimum atomic E-state index is -3.28. The van der Waals surface area contributed by atoms with Gasteiger partial charge in [-0.25, -0.2) is 13.1 Å². The van der Waals surface area contributed by atoms with E-state index in [2.05, 4.69) is 4.72 Å². The summed E-state index contributed by atoms with van der Waals surface area (Å²) >= 11 is 1.75. The molecule has 0 spiro atoms. The number of sulfonamides is 1. The highest BCUT2D eigenvalue weighted by Gasteiger charge is 2.33. The summed E-state index contributed by atoms with van der Waals surface area (Å²) < 4.78 is 25.4. The fourth-order valence-corrected chi connectivity index (χ4v) is 3.79. The molecule has 0 radical (unpaired) electrons. The van der Waals surface area contributed by atoms with Crippen LogP contribution < -0.4 is 4.72 Å². The summed E-state index contributed by atoms with van der Waals surface area (Å²) in [5.41, 5.74) is 0. The molecule has 0 aromatic carbocycles. The number of rotatable bonds is 6. The SMILES string of the molecule is CSC1(CNS(=O)(=O)CCO)CCCC1. The van der Waals surface area contributed by atoms with Gasteiger partial charge in [0.05, 0.1) is 12.4 Å². The first kappa shape index (κ1) is 13.3. The van der Waals surface area contributed by atoms with Crippen LogP contribution in [0.15, 0.2) is 0 Å². The van der Waals surface area contributed by atoms with E-state index in [1.807, 2.05) is 6.26 Å². The van der Waals surface area contributed by atoms with Gasteiger partial charge >= 0.3 is 0 Å². The molecule has 4 nitrogen and oxygen atoms in total. The summed E-state index contributed by atoms with van der Waals surface area (Å²) in [6.07, 6.45) is 6.56. The molecule has 15 heavy (non-hydrogen) atoms. The maximum absolute atomic E-state index is 11.4. The molecule has 2 N–H and O–H groups in total. The number of hydrogen-bond donors (Lipinski definition) is 2. The lowest BCUT2D eigenvalue weighted by molar-refractivity contribution is 0.319. The number of aliphatic hydroxyl groups is 1. The highest BCUT2D eigenvalue weighted by atomic mass is 32.2. The van der Waals surface area contributed by atoms with E-state index in [1.54, 1.807) is 11.8 Å². The first-order chi connectivity index (χ1) is 7.04. The van der Waals surface area contributed by atoms with E-state index in [0.717, 1.165) is 12.8 Å². The van der Waals surface area contributed by atoms with E-state index >= 15 is 0 Å². The standard InChI is InChI=1S/C9H19NO3S2/c1-14-9(4-2-3-5-9)8-10-15(12,13)7-6-11/h10-11H,2-8H2,1H3. The van der Waals surface area contributed by atoms with Gasteiger partial charge in [-0.15, -0.1) is 0 Å². The van der Waals surface area contributed by atoms with Crippen molar-refractivity contribution in [2.45, 2.75) is 30.4 Å². The van der Waals surface area contributed by atoms with Crippen molar-refractivity contribution in [2.24, 2.45) is 0 Å². The minimum Gasteiger partial charge on any atom is -0.395 e. The molecule has 1 saturated carbocycles. The van der Waals surface area contributed by atoms with Crippen LogP contribution in [0.25, 0.3) is 0 Å². The first-order valence-electron chi connectivity index (χ1n) is 5.17. The van der Waals surface area contributed by atoms with Crippen LogP contribution in [0, 0.1) is 0 Å². The van der Waals surface area contributed by atoms with Crippen LogP contribution in [0.4, 0.5) is 0 Å². The Bertz CT molecular complexity index is 284. The topological polar surface area (TPSA) is 66.4 Å². The molecular weight excluding hydrogens is 234 g/mol. The molecular formula is C9H19NO3S2. The lowest BCUT2D eigenvalue weighted by atomic mass is 10.1. The molecule has 0 atom stereocenters. The smallest absolute Gasteiger partial charge is 0.213 e. The maximum atomic E-state index is 11.4. The molecule has 0 heterocycles. The molecule has 1 aliphatic rings. The largest absolute Gasteiger partial charge is 0.395 e. The lowest BCUT2D eigenvalue weighted by Gasteiger charge is -2.26. The average molecular weight is 253 g/mol. The van der Waals surface area contributed by atoms with Gasteiger partial charge in [0.15, 0.2) is 0 Å². The number of aliphatic hydroxyl groups excluding tert-OH is 1. The predicted octanol–water partition coefficient (Wildman–Crippen LogP) is 0.574. The molecule has 1 fully saturated rings. The Morgan fingerprint density at radius 3 is 2.47 bits per heavy atom. The number of nitrogens with one attached hydrogen (secondary N) is 1. The van der Waals surface area contributed by atoms with E-state index in [-0.39, 0.29) is 17.1 Å². The third-order valence-corrected chi connectivity index (χ3v) is 5.64. The Kier molecular flexibility index (Phi) is 4.89. The fraction of sp³-hybridized carbons (Fsp3) is 1.00. The van der Waals surface area contributed by atoms with E-state index in [0.29, 0.717) is 6.54 Å². The molecule has 0 saturated heterocycles. The molecule has 90 valence electrons. The Morgan fingerprint density at radius 2 is 2.00 bits per heavy atom. The van der Waals surface area contributed by atoms with Gasteiger partial charge in [0.2, 0.25) is 10.0 Å². The van der Waals surface area contributed by atoms with Crippen molar-refractivity contribution in [3.63, 3.8) is 0 Å². The van der Waals surface area contributed by atoms with Crippen LogP contribution in [-0.2, 0) is 10.0 Å². The zero-order valence-corrected chi connectivity index (χ0v) is 10.7. The highest BCUT2D eigenvalue weighted by Crippen LogP contribution is 2.39. The molecule has 0 aromatic rings. The third kappa shape index (κ3) is 3.94. The summed E-state index contributed by atoms with van der Waals surface area (Å²) in [5.74, 6) is -0.197. The Morgan fingerprint density at radius 1 is 1.40 bits per heavy atom. The summed E-state index contributed by atoms with van der Waals surface area (Å²) in [6.45, 7) is 0.179. The number of thioether (sulfide) groups is 1. The van der Waals surface area contributed by atoms with Crippen LogP contribution in [0.3, 0.4) is 0 Å². The molecule has 0 aromatic heterocycles. The van der Waals surface area contributed by atoms with E-state index in [9.17, 15) is 8.42 Å². The molecule has 6 heteroatoms. The van der Waals surface area contributed by atoms with Crippen molar-refractivity contribution in [1.29, 1.82) is 0 Å². The van der Waals surface area contributed by atoms with Crippen molar-refractivity contribution >= 4 is 21.8 Å². The monoisotopic (exact) mass is 253 g/mol. The molecule has 0 bridgehead atoms. The second-order valence-electron chi connectivity index (χ2n) is 3.96. The van der Waals surface area contributed by atoms with Crippen LogP contribution >= 0.6 is 11.8 Å². The molecule has 0 amide bonds. The second-order valence-corrected chi connectivity index (χ2v) is 7.16. The van der Waals surface area contributed by atoms with E-state index in [1.165, 1.54) is 12.8 Å². The third-order valence-electron chi connectivity index (χ3n) is 2.92. The molecule has 1 rings (SSSR count). The van der Waals surface area contributed by atoms with Gasteiger partial charge in [0.1, 0.15) is 0 Å². The van der Waals surface area contributed by atoms with Gasteiger partial charge < -0.3 is 5.11 Å². The van der Waals surface area contributed by atoms with Gasteiger partial charge in [0.25, 0.3) is 0 Å². The van der Waals surface area contributed by atoms with E-state index < -0.39 is 10.0 Å². The van der Waals surface area contributed by atoms with Gasteiger partial charge in [-0.1, -0.05) is 12.8 Å². The molecule has 0 aliphatic heterocycles. The zero-order chi connectivity index (χ0) is 11.4. The molecule has 1 aliphatic carbocycles. The second kappa shape index (κ2) is 5.52. The Balaban J connectivity index is 2.47. The quantitative estimate of drug-likeness (QED) is 0.726. The van der Waals surface area contributed by atoms with Gasteiger partial charge in [-0.05, 0) is 19.1 Å².